The predicted octanol–water partition coefficient (Wildman–Crippen LogP) is 3.95. The average Bonchev–Trinajstić information content (AvgIpc) is 2.81. The van der Waals surface area contributed by atoms with Gasteiger partial charge >= 0.3 is 6.01 Å². The molecule has 150 valence electrons. The van der Waals surface area contributed by atoms with Gasteiger partial charge in [0.15, 0.2) is 5.65 Å². The normalized spacial score (nSPS) is 10.8. The largest absolute Gasteiger partial charge is 0.424 e. The van der Waals surface area contributed by atoms with E-state index in [-0.39, 0.29) is 11.6 Å². The summed E-state index contributed by atoms with van der Waals surface area (Å²) in [5, 5.41) is 0. The summed E-state index contributed by atoms with van der Waals surface area (Å²) >= 11 is 0. The van der Waals surface area contributed by atoms with Gasteiger partial charge in [0.25, 0.3) is 5.56 Å². The first-order valence-electron chi connectivity index (χ1n) is 9.74. The van der Waals surface area contributed by atoms with Crippen LogP contribution in [0.3, 0.4) is 0 Å². The molecule has 31 heavy (non-hydrogen) atoms. The average molecular weight is 407 g/mol. The second-order valence-electron chi connectivity index (χ2n) is 6.84. The van der Waals surface area contributed by atoms with Crippen molar-refractivity contribution < 1.29 is 4.74 Å². The smallest absolute Gasteiger partial charge is 0.321 e. The van der Waals surface area contributed by atoms with Gasteiger partial charge in [-0.05, 0) is 35.9 Å². The summed E-state index contributed by atoms with van der Waals surface area (Å²) in [6.07, 6.45) is 5.28. The fourth-order valence-electron chi connectivity index (χ4n) is 3.34. The number of hydrogen-bond donors (Lipinski definition) is 0. The van der Waals surface area contributed by atoms with E-state index < -0.39 is 0 Å². The molecular formula is C24H17N5O2. The van der Waals surface area contributed by atoms with E-state index in [1.54, 1.807) is 41.4 Å². The van der Waals surface area contributed by atoms with Crippen LogP contribution in [0.1, 0.15) is 11.3 Å². The highest BCUT2D eigenvalue weighted by molar-refractivity contribution is 5.72. The molecule has 0 amide bonds. The van der Waals surface area contributed by atoms with Gasteiger partial charge in [-0.25, -0.2) is 19.9 Å². The molecule has 0 saturated heterocycles. The van der Waals surface area contributed by atoms with Crippen molar-refractivity contribution in [2.75, 3.05) is 0 Å². The molecule has 0 N–H and O–H groups in total. The van der Waals surface area contributed by atoms with Crippen molar-refractivity contribution in [2.24, 2.45) is 0 Å². The van der Waals surface area contributed by atoms with Crippen LogP contribution in [0.2, 0.25) is 0 Å². The quantitative estimate of drug-likeness (QED) is 0.439. The van der Waals surface area contributed by atoms with Gasteiger partial charge < -0.3 is 4.74 Å². The fourth-order valence-corrected chi connectivity index (χ4v) is 3.34. The Morgan fingerprint density at radius 3 is 2.45 bits per heavy atom. The minimum absolute atomic E-state index is 0.219. The van der Waals surface area contributed by atoms with Crippen LogP contribution in [0.25, 0.3) is 16.9 Å². The Hall–Kier alpha value is -4.39. The number of hydrogen-bond acceptors (Lipinski definition) is 6. The molecule has 7 nitrogen and oxygen atoms in total. The highest BCUT2D eigenvalue weighted by atomic mass is 16.5. The van der Waals surface area contributed by atoms with E-state index in [1.807, 2.05) is 54.6 Å². The zero-order valence-corrected chi connectivity index (χ0v) is 16.4. The Morgan fingerprint density at radius 1 is 0.806 bits per heavy atom. The van der Waals surface area contributed by atoms with Crippen molar-refractivity contribution in [2.45, 2.75) is 6.42 Å². The Kier molecular flexibility index (Phi) is 4.90. The third-order valence-corrected chi connectivity index (χ3v) is 4.72. The van der Waals surface area contributed by atoms with Crippen molar-refractivity contribution in [1.82, 2.24) is 24.5 Å². The summed E-state index contributed by atoms with van der Waals surface area (Å²) < 4.78 is 7.31. The molecule has 5 rings (SSSR count). The minimum atomic E-state index is -0.219. The number of aromatic nitrogens is 5. The van der Waals surface area contributed by atoms with Gasteiger partial charge in [-0.15, -0.1) is 0 Å². The number of nitrogens with zero attached hydrogens (tertiary/aromatic N) is 5. The number of fused-ring (bicyclic) bond motifs is 1. The van der Waals surface area contributed by atoms with Crippen LogP contribution in [0.15, 0.2) is 96.2 Å². The SMILES string of the molecule is O=c1c(Cc2ccccc2)nc2cccnc2n1-c1cccc(Oc2ncccn2)c1. The molecule has 0 aliphatic heterocycles. The third kappa shape index (κ3) is 3.89. The summed E-state index contributed by atoms with van der Waals surface area (Å²) in [6, 6.07) is 22.6. The van der Waals surface area contributed by atoms with Gasteiger partial charge in [-0.1, -0.05) is 36.4 Å². The number of rotatable bonds is 5. The van der Waals surface area contributed by atoms with Crippen molar-refractivity contribution in [3.63, 3.8) is 0 Å². The van der Waals surface area contributed by atoms with Crippen LogP contribution >= 0.6 is 0 Å². The summed E-state index contributed by atoms with van der Waals surface area (Å²) in [5.74, 6) is 0.515. The molecule has 0 saturated carbocycles. The molecule has 7 heteroatoms. The van der Waals surface area contributed by atoms with E-state index in [4.69, 9.17) is 4.74 Å². The second kappa shape index (κ2) is 8.16. The van der Waals surface area contributed by atoms with Crippen LogP contribution in [-0.2, 0) is 6.42 Å². The lowest BCUT2D eigenvalue weighted by Crippen LogP contribution is -2.25. The van der Waals surface area contributed by atoms with Crippen molar-refractivity contribution >= 4 is 11.2 Å². The molecule has 0 spiro atoms. The Labute approximate surface area is 177 Å². The summed E-state index contributed by atoms with van der Waals surface area (Å²) in [6.45, 7) is 0. The van der Waals surface area contributed by atoms with Gasteiger partial charge in [0.1, 0.15) is 17.0 Å². The predicted molar refractivity (Wildman–Crippen MR) is 116 cm³/mol. The highest BCUT2D eigenvalue weighted by Gasteiger charge is 2.15. The molecule has 5 aromatic rings. The van der Waals surface area contributed by atoms with E-state index in [0.29, 0.717) is 34.7 Å². The van der Waals surface area contributed by atoms with Crippen LogP contribution in [-0.4, -0.2) is 24.5 Å². The first-order valence-corrected chi connectivity index (χ1v) is 9.74. The third-order valence-electron chi connectivity index (χ3n) is 4.72. The number of pyridine rings is 1. The number of benzene rings is 2. The summed E-state index contributed by atoms with van der Waals surface area (Å²) in [7, 11) is 0. The monoisotopic (exact) mass is 407 g/mol. The first-order chi connectivity index (χ1) is 15.3. The second-order valence-corrected chi connectivity index (χ2v) is 6.84. The highest BCUT2D eigenvalue weighted by Crippen LogP contribution is 2.22. The van der Waals surface area contributed by atoms with E-state index in [2.05, 4.69) is 19.9 Å². The van der Waals surface area contributed by atoms with Gasteiger partial charge in [0.05, 0.1) is 5.69 Å². The summed E-state index contributed by atoms with van der Waals surface area (Å²) in [4.78, 5) is 30.6. The molecule has 0 aliphatic carbocycles. The lowest BCUT2D eigenvalue weighted by atomic mass is 10.1. The van der Waals surface area contributed by atoms with Crippen LogP contribution in [0.5, 0.6) is 11.8 Å². The Balaban J connectivity index is 1.63. The zero-order chi connectivity index (χ0) is 21.0. The van der Waals surface area contributed by atoms with Gasteiger partial charge in [-0.3, -0.25) is 9.36 Å². The van der Waals surface area contributed by atoms with Crippen LogP contribution < -0.4 is 10.3 Å². The van der Waals surface area contributed by atoms with Crippen molar-refractivity contribution in [3.8, 4) is 17.4 Å². The standard InChI is InChI=1S/C24H17N5O2/c30-23-21(15-17-7-2-1-3-8-17)28-20-11-5-12-25-22(20)29(23)18-9-4-10-19(16-18)31-24-26-13-6-14-27-24/h1-14,16H,15H2. The molecule has 2 aromatic carbocycles. The van der Waals surface area contributed by atoms with E-state index in [0.717, 1.165) is 5.56 Å². The summed E-state index contributed by atoms with van der Waals surface area (Å²) in [5.41, 5.74) is 3.00. The minimum Gasteiger partial charge on any atom is -0.424 e. The van der Waals surface area contributed by atoms with Gasteiger partial charge in [0.2, 0.25) is 0 Å². The maximum absolute atomic E-state index is 13.5. The molecule has 0 bridgehead atoms. The molecule has 0 unspecified atom stereocenters. The van der Waals surface area contributed by atoms with Crippen LogP contribution in [0, 0.1) is 0 Å². The lowest BCUT2D eigenvalue weighted by Gasteiger charge is -2.13. The van der Waals surface area contributed by atoms with Crippen molar-refractivity contribution in [1.29, 1.82) is 0 Å². The molecule has 0 radical (unpaired) electrons. The lowest BCUT2D eigenvalue weighted by molar-refractivity contribution is 0.441. The Bertz CT molecular complexity index is 1400. The van der Waals surface area contributed by atoms with Gasteiger partial charge in [-0.2, -0.15) is 0 Å². The van der Waals surface area contributed by atoms with E-state index >= 15 is 0 Å². The van der Waals surface area contributed by atoms with E-state index in [1.165, 1.54) is 0 Å². The van der Waals surface area contributed by atoms with Crippen LogP contribution in [0.4, 0.5) is 0 Å². The molecule has 3 heterocycles. The number of ether oxygens (including phenoxy) is 1. The fraction of sp³-hybridized carbons (Fsp3) is 0.0417. The molecule has 3 aromatic heterocycles. The van der Waals surface area contributed by atoms with Gasteiger partial charge in [0, 0.05) is 31.1 Å². The maximum Gasteiger partial charge on any atom is 0.321 e. The molecular weight excluding hydrogens is 390 g/mol. The molecule has 0 atom stereocenters. The maximum atomic E-state index is 13.5. The zero-order valence-electron chi connectivity index (χ0n) is 16.4. The Morgan fingerprint density at radius 2 is 1.61 bits per heavy atom. The van der Waals surface area contributed by atoms with Crippen molar-refractivity contribution in [3.05, 3.63) is 113 Å². The molecule has 0 aliphatic rings. The van der Waals surface area contributed by atoms with E-state index in [9.17, 15) is 4.79 Å². The first kappa shape index (κ1) is 18.6. The molecule has 0 fully saturated rings. The topological polar surface area (TPSA) is 82.8 Å².